The summed E-state index contributed by atoms with van der Waals surface area (Å²) in [5.74, 6) is 0.394. The predicted molar refractivity (Wildman–Crippen MR) is 112 cm³/mol. The van der Waals surface area contributed by atoms with Gasteiger partial charge >= 0.3 is 11.6 Å². The molecule has 0 saturated heterocycles. The number of hydrogen-bond donors (Lipinski definition) is 0. The molecule has 7 nitrogen and oxygen atoms in total. The van der Waals surface area contributed by atoms with Crippen molar-refractivity contribution < 1.29 is 28.2 Å². The first kappa shape index (κ1) is 21.5. The van der Waals surface area contributed by atoms with Crippen molar-refractivity contribution in [2.75, 3.05) is 21.3 Å². The average molecular weight is 433 g/mol. The maximum atomic E-state index is 12.7. The van der Waals surface area contributed by atoms with Crippen LogP contribution in [0.5, 0.6) is 17.2 Å². The molecule has 0 fully saturated rings. The zero-order valence-corrected chi connectivity index (χ0v) is 17.8. The molecule has 0 saturated carbocycles. The van der Waals surface area contributed by atoms with Gasteiger partial charge in [-0.3, -0.25) is 0 Å². The Kier molecular flexibility index (Phi) is 6.52. The van der Waals surface area contributed by atoms with Gasteiger partial charge in [0.05, 0.1) is 21.3 Å². The lowest BCUT2D eigenvalue weighted by Crippen LogP contribution is -2.10. The minimum absolute atomic E-state index is 0.153. The highest BCUT2D eigenvalue weighted by molar-refractivity contribution is 6.32. The average Bonchev–Trinajstić information content (AvgIpc) is 2.75. The number of carbonyl (C=O) groups excluding carboxylic acids is 1. The minimum Gasteiger partial charge on any atom is -0.496 e. The van der Waals surface area contributed by atoms with E-state index in [4.69, 9.17) is 35.0 Å². The van der Waals surface area contributed by atoms with Crippen molar-refractivity contribution >= 4 is 28.5 Å². The number of carbonyl (C=O) groups is 1. The summed E-state index contributed by atoms with van der Waals surface area (Å²) in [6.07, 6.45) is 0.691. The first-order valence-electron chi connectivity index (χ1n) is 9.14. The summed E-state index contributed by atoms with van der Waals surface area (Å²) >= 11 is 6.31. The van der Waals surface area contributed by atoms with Crippen molar-refractivity contribution in [3.8, 4) is 17.2 Å². The van der Waals surface area contributed by atoms with E-state index in [-0.39, 0.29) is 17.9 Å². The Labute approximate surface area is 178 Å². The molecule has 1 heterocycles. The lowest BCUT2D eigenvalue weighted by atomic mass is 10.1. The molecule has 0 atom stereocenters. The number of ether oxygens (including phenoxy) is 4. The van der Waals surface area contributed by atoms with Crippen LogP contribution >= 0.6 is 11.6 Å². The molecule has 0 amide bonds. The maximum Gasteiger partial charge on any atom is 0.342 e. The molecule has 0 aliphatic rings. The predicted octanol–water partition coefficient (Wildman–Crippen LogP) is 4.39. The van der Waals surface area contributed by atoms with Gasteiger partial charge in [0.1, 0.15) is 23.5 Å². The number of fused-ring (bicyclic) bond motifs is 1. The summed E-state index contributed by atoms with van der Waals surface area (Å²) in [5.41, 5.74) is 1.35. The Morgan fingerprint density at radius 2 is 1.60 bits per heavy atom. The summed E-state index contributed by atoms with van der Waals surface area (Å²) in [6, 6.07) is 7.72. The lowest BCUT2D eigenvalue weighted by Gasteiger charge is -2.14. The van der Waals surface area contributed by atoms with E-state index < -0.39 is 11.6 Å². The van der Waals surface area contributed by atoms with Crippen LogP contribution in [0, 0.1) is 0 Å². The number of hydrogen-bond acceptors (Lipinski definition) is 7. The standard InChI is InChI=1S/C22H21ClO7/c1-5-12-6-18-14(8-16(12)23)13(7-21(24)30-18)11-29-22(25)15-9-19(27-3)20(28-4)10-17(15)26-2/h6-10H,5,11H2,1-4H3. The first-order chi connectivity index (χ1) is 14.4. The summed E-state index contributed by atoms with van der Waals surface area (Å²) in [6.45, 7) is 1.80. The summed E-state index contributed by atoms with van der Waals surface area (Å²) in [7, 11) is 4.38. The topological polar surface area (TPSA) is 84.2 Å². The number of methoxy groups -OCH3 is 3. The van der Waals surface area contributed by atoms with Gasteiger partial charge in [0, 0.05) is 34.2 Å². The van der Waals surface area contributed by atoms with Crippen molar-refractivity contribution in [1.29, 1.82) is 0 Å². The number of rotatable bonds is 7. The van der Waals surface area contributed by atoms with Crippen molar-refractivity contribution in [3.63, 3.8) is 0 Å². The van der Waals surface area contributed by atoms with Crippen LogP contribution in [-0.2, 0) is 17.8 Å². The molecule has 0 spiro atoms. The first-order valence-corrected chi connectivity index (χ1v) is 9.51. The molecule has 0 aliphatic carbocycles. The molecule has 158 valence electrons. The van der Waals surface area contributed by atoms with E-state index in [2.05, 4.69) is 0 Å². The van der Waals surface area contributed by atoms with Crippen molar-refractivity contribution in [2.24, 2.45) is 0 Å². The summed E-state index contributed by atoms with van der Waals surface area (Å²) in [5, 5.41) is 1.15. The van der Waals surface area contributed by atoms with E-state index in [1.165, 1.54) is 39.5 Å². The Bertz CT molecular complexity index is 1150. The second-order valence-corrected chi connectivity index (χ2v) is 6.77. The Morgan fingerprint density at radius 1 is 0.933 bits per heavy atom. The fourth-order valence-electron chi connectivity index (χ4n) is 3.09. The highest BCUT2D eigenvalue weighted by Crippen LogP contribution is 2.35. The second kappa shape index (κ2) is 9.09. The van der Waals surface area contributed by atoms with Gasteiger partial charge in [-0.15, -0.1) is 0 Å². The fraction of sp³-hybridized carbons (Fsp3) is 0.273. The molecule has 1 aromatic heterocycles. The van der Waals surface area contributed by atoms with E-state index in [9.17, 15) is 9.59 Å². The molecule has 3 rings (SSSR count). The molecule has 0 unspecified atom stereocenters. The van der Waals surface area contributed by atoms with Crippen molar-refractivity contribution in [2.45, 2.75) is 20.0 Å². The highest BCUT2D eigenvalue weighted by atomic mass is 35.5. The Balaban J connectivity index is 1.94. The third kappa shape index (κ3) is 4.21. The molecule has 2 aromatic carbocycles. The minimum atomic E-state index is -0.648. The van der Waals surface area contributed by atoms with Gasteiger partial charge in [-0.1, -0.05) is 18.5 Å². The van der Waals surface area contributed by atoms with Crippen LogP contribution in [0.15, 0.2) is 39.5 Å². The number of esters is 1. The van der Waals surface area contributed by atoms with Crippen LogP contribution in [0.2, 0.25) is 5.02 Å². The smallest absolute Gasteiger partial charge is 0.342 e. The van der Waals surface area contributed by atoms with Crippen LogP contribution in [0.1, 0.15) is 28.4 Å². The van der Waals surface area contributed by atoms with E-state index in [1.807, 2.05) is 6.92 Å². The number of benzene rings is 2. The number of halogens is 1. The molecule has 30 heavy (non-hydrogen) atoms. The van der Waals surface area contributed by atoms with Crippen LogP contribution in [0.25, 0.3) is 11.0 Å². The van der Waals surface area contributed by atoms with Gasteiger partial charge < -0.3 is 23.4 Å². The molecular formula is C22H21ClO7. The second-order valence-electron chi connectivity index (χ2n) is 6.37. The van der Waals surface area contributed by atoms with Crippen LogP contribution in [0.4, 0.5) is 0 Å². The fourth-order valence-corrected chi connectivity index (χ4v) is 3.39. The van der Waals surface area contributed by atoms with Crippen molar-refractivity contribution in [3.05, 3.63) is 62.5 Å². The summed E-state index contributed by atoms with van der Waals surface area (Å²) in [4.78, 5) is 24.7. The van der Waals surface area contributed by atoms with E-state index in [0.717, 1.165) is 5.56 Å². The van der Waals surface area contributed by atoms with E-state index in [1.54, 1.807) is 12.1 Å². The zero-order valence-electron chi connectivity index (χ0n) is 17.0. The molecule has 0 N–H and O–H groups in total. The lowest BCUT2D eigenvalue weighted by molar-refractivity contribution is 0.0469. The molecular weight excluding hydrogens is 412 g/mol. The van der Waals surface area contributed by atoms with Gasteiger partial charge in [0.2, 0.25) is 0 Å². The Hall–Kier alpha value is -3.19. The normalized spacial score (nSPS) is 10.7. The molecule has 8 heteroatoms. The molecule has 0 aliphatic heterocycles. The van der Waals surface area contributed by atoms with Gasteiger partial charge in [-0.2, -0.15) is 0 Å². The maximum absolute atomic E-state index is 12.7. The largest absolute Gasteiger partial charge is 0.496 e. The molecule has 0 bridgehead atoms. The molecule has 3 aromatic rings. The van der Waals surface area contributed by atoms with Crippen molar-refractivity contribution in [1.82, 2.24) is 0 Å². The third-order valence-electron chi connectivity index (χ3n) is 4.66. The van der Waals surface area contributed by atoms with Gasteiger partial charge in [-0.05, 0) is 24.1 Å². The third-order valence-corrected chi connectivity index (χ3v) is 5.01. The van der Waals surface area contributed by atoms with Crippen LogP contribution in [-0.4, -0.2) is 27.3 Å². The van der Waals surface area contributed by atoms with Crippen LogP contribution in [0.3, 0.4) is 0 Å². The van der Waals surface area contributed by atoms with E-state index >= 15 is 0 Å². The van der Waals surface area contributed by atoms with E-state index in [0.29, 0.717) is 39.5 Å². The monoisotopic (exact) mass is 432 g/mol. The highest BCUT2D eigenvalue weighted by Gasteiger charge is 2.20. The van der Waals surface area contributed by atoms with Gasteiger partial charge in [0.25, 0.3) is 0 Å². The quantitative estimate of drug-likeness (QED) is 0.404. The molecule has 0 radical (unpaired) electrons. The zero-order chi connectivity index (χ0) is 21.8. The SMILES string of the molecule is CCc1cc2oc(=O)cc(COC(=O)c3cc(OC)c(OC)cc3OC)c2cc1Cl. The Morgan fingerprint density at radius 3 is 2.23 bits per heavy atom. The summed E-state index contributed by atoms with van der Waals surface area (Å²) < 4.78 is 26.5. The van der Waals surface area contributed by atoms with Gasteiger partial charge in [-0.25, -0.2) is 9.59 Å². The number of aryl methyl sites for hydroxylation is 1. The van der Waals surface area contributed by atoms with Crippen LogP contribution < -0.4 is 19.8 Å². The van der Waals surface area contributed by atoms with Gasteiger partial charge in [0.15, 0.2) is 11.5 Å².